The zero-order valence-corrected chi connectivity index (χ0v) is 20.5. The number of halogens is 2. The molecule has 0 aliphatic rings. The lowest BCUT2D eigenvalue weighted by Crippen LogP contribution is -2.16. The SMILES string of the molecule is COC(=O)c1c(-c2ccc(F)cc2)csc1NC(=O)CSc1nnc(-c2ccc(Br)o2)n1C. The number of carbonyl (C=O) groups is 2. The van der Waals surface area contributed by atoms with Crippen LogP contribution in [-0.4, -0.2) is 39.5 Å². The van der Waals surface area contributed by atoms with E-state index < -0.39 is 5.97 Å². The number of aromatic nitrogens is 3. The lowest BCUT2D eigenvalue weighted by atomic mass is 10.0. The van der Waals surface area contributed by atoms with E-state index in [4.69, 9.17) is 9.15 Å². The second-order valence-corrected chi connectivity index (χ2v) is 9.26. The standard InChI is InChI=1S/C21H16BrFN4O4S2/c1-27-18(14-7-8-15(22)31-14)25-26-21(27)33-10-16(28)24-19-17(20(29)30-2)13(9-32-19)11-3-5-12(23)6-4-11/h3-9H,10H2,1-2H3,(H,24,28). The highest BCUT2D eigenvalue weighted by molar-refractivity contribution is 9.10. The Bertz CT molecular complexity index is 1320. The summed E-state index contributed by atoms with van der Waals surface area (Å²) < 4.78 is 26.0. The quantitative estimate of drug-likeness (QED) is 0.248. The molecule has 0 spiro atoms. The van der Waals surface area contributed by atoms with Crippen LogP contribution in [0, 0.1) is 5.82 Å². The molecule has 0 fully saturated rings. The minimum absolute atomic E-state index is 0.0399. The van der Waals surface area contributed by atoms with Gasteiger partial charge < -0.3 is 19.0 Å². The van der Waals surface area contributed by atoms with Gasteiger partial charge in [-0.05, 0) is 45.8 Å². The molecule has 3 heterocycles. The van der Waals surface area contributed by atoms with Crippen molar-refractivity contribution in [2.24, 2.45) is 7.05 Å². The number of rotatable bonds is 7. The number of hydrogen-bond acceptors (Lipinski definition) is 8. The van der Waals surface area contributed by atoms with Crippen molar-refractivity contribution in [1.29, 1.82) is 0 Å². The molecule has 0 saturated carbocycles. The number of hydrogen-bond donors (Lipinski definition) is 1. The van der Waals surface area contributed by atoms with Crippen LogP contribution in [0.25, 0.3) is 22.7 Å². The summed E-state index contributed by atoms with van der Waals surface area (Å²) in [5, 5.41) is 13.6. The molecule has 0 unspecified atom stereocenters. The molecule has 0 aliphatic carbocycles. The number of furan rings is 1. The van der Waals surface area contributed by atoms with E-state index >= 15 is 0 Å². The van der Waals surface area contributed by atoms with Gasteiger partial charge in [0.05, 0.1) is 12.9 Å². The monoisotopic (exact) mass is 550 g/mol. The molecule has 0 bridgehead atoms. The smallest absolute Gasteiger partial charge is 0.341 e. The number of nitrogens with zero attached hydrogens (tertiary/aromatic N) is 3. The second kappa shape index (κ2) is 9.89. The lowest BCUT2D eigenvalue weighted by Gasteiger charge is -2.08. The van der Waals surface area contributed by atoms with E-state index in [-0.39, 0.29) is 23.0 Å². The van der Waals surface area contributed by atoms with Gasteiger partial charge in [0, 0.05) is 18.0 Å². The molecule has 1 aromatic carbocycles. The molecule has 3 aromatic heterocycles. The number of nitrogens with one attached hydrogen (secondary N) is 1. The van der Waals surface area contributed by atoms with Crippen molar-refractivity contribution < 1.29 is 23.1 Å². The fourth-order valence-electron chi connectivity index (χ4n) is 2.98. The number of methoxy groups -OCH3 is 1. The first-order valence-electron chi connectivity index (χ1n) is 9.41. The minimum Gasteiger partial charge on any atom is -0.465 e. The number of esters is 1. The van der Waals surface area contributed by atoms with E-state index in [2.05, 4.69) is 31.4 Å². The number of thioether (sulfide) groups is 1. The summed E-state index contributed by atoms with van der Waals surface area (Å²) in [6.07, 6.45) is 0. The van der Waals surface area contributed by atoms with Crippen LogP contribution < -0.4 is 5.32 Å². The number of carbonyl (C=O) groups excluding carboxylic acids is 2. The Balaban J connectivity index is 1.48. The minimum atomic E-state index is -0.596. The van der Waals surface area contributed by atoms with Gasteiger partial charge >= 0.3 is 5.97 Å². The van der Waals surface area contributed by atoms with Crippen LogP contribution in [-0.2, 0) is 16.6 Å². The third-order valence-electron chi connectivity index (χ3n) is 4.55. The van der Waals surface area contributed by atoms with Crippen molar-refractivity contribution in [2.45, 2.75) is 5.16 Å². The Morgan fingerprint density at radius 3 is 2.67 bits per heavy atom. The van der Waals surface area contributed by atoms with Crippen LogP contribution >= 0.6 is 39.0 Å². The van der Waals surface area contributed by atoms with Crippen molar-refractivity contribution in [2.75, 3.05) is 18.2 Å². The third kappa shape index (κ3) is 5.02. The maximum Gasteiger partial charge on any atom is 0.341 e. The van der Waals surface area contributed by atoms with Crippen molar-refractivity contribution >= 4 is 55.9 Å². The van der Waals surface area contributed by atoms with Crippen molar-refractivity contribution in [3.8, 4) is 22.7 Å². The van der Waals surface area contributed by atoms with E-state index in [0.717, 1.165) is 0 Å². The Hall–Kier alpha value is -2.96. The van der Waals surface area contributed by atoms with Crippen LogP contribution in [0.3, 0.4) is 0 Å². The summed E-state index contributed by atoms with van der Waals surface area (Å²) in [6.45, 7) is 0. The summed E-state index contributed by atoms with van der Waals surface area (Å²) in [5.41, 5.74) is 1.41. The average molecular weight is 551 g/mol. The number of amides is 1. The molecule has 1 amide bonds. The van der Waals surface area contributed by atoms with Crippen LogP contribution in [0.5, 0.6) is 0 Å². The Morgan fingerprint density at radius 1 is 1.24 bits per heavy atom. The zero-order valence-electron chi connectivity index (χ0n) is 17.3. The molecule has 170 valence electrons. The molecule has 1 N–H and O–H groups in total. The average Bonchev–Trinajstić information content (AvgIpc) is 3.51. The van der Waals surface area contributed by atoms with E-state index in [0.29, 0.717) is 37.5 Å². The van der Waals surface area contributed by atoms with Crippen molar-refractivity contribution in [1.82, 2.24) is 14.8 Å². The van der Waals surface area contributed by atoms with Gasteiger partial charge in [0.25, 0.3) is 0 Å². The predicted octanol–water partition coefficient (Wildman–Crippen LogP) is 5.22. The van der Waals surface area contributed by atoms with Gasteiger partial charge in [0.15, 0.2) is 21.4 Å². The van der Waals surface area contributed by atoms with Gasteiger partial charge in [0.1, 0.15) is 16.4 Å². The van der Waals surface area contributed by atoms with Crippen LogP contribution in [0.4, 0.5) is 9.39 Å². The fraction of sp³-hybridized carbons (Fsp3) is 0.143. The Kier molecular flexibility index (Phi) is 6.96. The lowest BCUT2D eigenvalue weighted by molar-refractivity contribution is -0.113. The fourth-order valence-corrected chi connectivity index (χ4v) is 4.97. The van der Waals surface area contributed by atoms with Gasteiger partial charge in [-0.25, -0.2) is 9.18 Å². The summed E-state index contributed by atoms with van der Waals surface area (Å²) >= 11 is 5.63. The number of thiophene rings is 1. The van der Waals surface area contributed by atoms with Crippen LogP contribution in [0.1, 0.15) is 10.4 Å². The van der Waals surface area contributed by atoms with Gasteiger partial charge in [-0.15, -0.1) is 21.5 Å². The highest BCUT2D eigenvalue weighted by Crippen LogP contribution is 2.36. The first-order chi connectivity index (χ1) is 15.9. The molecule has 12 heteroatoms. The van der Waals surface area contributed by atoms with Gasteiger partial charge in [-0.1, -0.05) is 23.9 Å². The molecule has 0 radical (unpaired) electrons. The maximum atomic E-state index is 13.3. The highest BCUT2D eigenvalue weighted by atomic mass is 79.9. The maximum absolute atomic E-state index is 13.3. The van der Waals surface area contributed by atoms with Gasteiger partial charge in [-0.3, -0.25) is 4.79 Å². The van der Waals surface area contributed by atoms with Crippen molar-refractivity contribution in [3.05, 3.63) is 57.8 Å². The number of anilines is 1. The summed E-state index contributed by atoms with van der Waals surface area (Å²) in [5.74, 6) is -0.200. The molecule has 0 saturated heterocycles. The number of ether oxygens (including phenoxy) is 1. The third-order valence-corrected chi connectivity index (χ3v) is 6.89. The number of benzene rings is 1. The van der Waals surface area contributed by atoms with E-state index in [1.807, 2.05) is 0 Å². The normalized spacial score (nSPS) is 10.9. The molecule has 4 rings (SSSR count). The molecule has 0 atom stereocenters. The zero-order chi connectivity index (χ0) is 23.5. The van der Waals surface area contributed by atoms with Crippen LogP contribution in [0.15, 0.2) is 56.0 Å². The summed E-state index contributed by atoms with van der Waals surface area (Å²) in [4.78, 5) is 25.0. The van der Waals surface area contributed by atoms with Crippen molar-refractivity contribution in [3.63, 3.8) is 0 Å². The van der Waals surface area contributed by atoms with Gasteiger partial charge in [0.2, 0.25) is 5.91 Å². The highest BCUT2D eigenvalue weighted by Gasteiger charge is 2.23. The Labute approximate surface area is 204 Å². The first-order valence-corrected chi connectivity index (χ1v) is 12.1. The topological polar surface area (TPSA) is 99.2 Å². The van der Waals surface area contributed by atoms with E-state index in [1.54, 1.807) is 41.3 Å². The molecular formula is C21H16BrFN4O4S2. The Morgan fingerprint density at radius 2 is 2.00 bits per heavy atom. The predicted molar refractivity (Wildman–Crippen MR) is 127 cm³/mol. The van der Waals surface area contributed by atoms with Crippen LogP contribution in [0.2, 0.25) is 0 Å². The van der Waals surface area contributed by atoms with E-state index in [1.165, 1.54) is 42.3 Å². The molecule has 0 aliphatic heterocycles. The molecular weight excluding hydrogens is 535 g/mol. The molecule has 33 heavy (non-hydrogen) atoms. The van der Waals surface area contributed by atoms with E-state index in [9.17, 15) is 14.0 Å². The second-order valence-electron chi connectivity index (χ2n) is 6.66. The first kappa shape index (κ1) is 23.2. The molecule has 8 nitrogen and oxygen atoms in total. The van der Waals surface area contributed by atoms with Gasteiger partial charge in [-0.2, -0.15) is 0 Å². The molecule has 4 aromatic rings. The summed E-state index contributed by atoms with van der Waals surface area (Å²) in [6, 6.07) is 9.26. The largest absolute Gasteiger partial charge is 0.465 e. The summed E-state index contributed by atoms with van der Waals surface area (Å²) in [7, 11) is 3.04.